The molecule has 150 valence electrons. The number of nitrogens with one attached hydrogen (secondary N) is 1. The van der Waals surface area contributed by atoms with E-state index in [2.05, 4.69) is 42.3 Å². The molecule has 0 aliphatic carbocycles. The smallest absolute Gasteiger partial charge is 0.223 e. The molecule has 1 aliphatic rings. The topological polar surface area (TPSA) is 32.3 Å². The number of aryl methyl sites for hydroxylation is 2. The largest absolute Gasteiger partial charge is 0.349 e. The van der Waals surface area contributed by atoms with Crippen LogP contribution >= 0.6 is 11.6 Å². The highest BCUT2D eigenvalue weighted by atomic mass is 35.5. The molecule has 1 atom stereocenters. The fraction of sp³-hybridized carbons (Fsp3) is 0.435. The molecule has 2 aromatic carbocycles. The first-order valence-corrected chi connectivity index (χ1v) is 10.2. The molecule has 3 nitrogen and oxygen atoms in total. The van der Waals surface area contributed by atoms with Gasteiger partial charge in [-0.05, 0) is 75.5 Å². The van der Waals surface area contributed by atoms with E-state index in [1.807, 2.05) is 6.92 Å². The maximum Gasteiger partial charge on any atom is 0.223 e. The molecule has 0 aromatic heterocycles. The van der Waals surface area contributed by atoms with E-state index in [1.165, 1.54) is 17.2 Å². The monoisotopic (exact) mass is 402 g/mol. The average Bonchev–Trinajstić information content (AvgIpc) is 2.66. The van der Waals surface area contributed by atoms with Crippen LogP contribution in [0.5, 0.6) is 0 Å². The normalized spacial score (nSPS) is 16.8. The Balaban J connectivity index is 1.51. The summed E-state index contributed by atoms with van der Waals surface area (Å²) in [6, 6.07) is 11.1. The molecule has 1 unspecified atom stereocenters. The zero-order valence-electron chi connectivity index (χ0n) is 16.8. The predicted molar refractivity (Wildman–Crippen MR) is 112 cm³/mol. The van der Waals surface area contributed by atoms with Gasteiger partial charge in [0.05, 0.1) is 6.04 Å². The number of carbonyl (C=O) groups is 1. The first-order chi connectivity index (χ1) is 13.3. The van der Waals surface area contributed by atoms with Crippen molar-refractivity contribution in [2.45, 2.75) is 46.2 Å². The van der Waals surface area contributed by atoms with Crippen LogP contribution in [0.25, 0.3) is 0 Å². The van der Waals surface area contributed by atoms with Crippen LogP contribution in [0, 0.1) is 25.6 Å². The van der Waals surface area contributed by atoms with Crippen LogP contribution < -0.4 is 5.32 Å². The third kappa shape index (κ3) is 5.12. The second kappa shape index (κ2) is 9.06. The maximum atomic E-state index is 14.0. The third-order valence-electron chi connectivity index (χ3n) is 5.76. The van der Waals surface area contributed by atoms with Crippen molar-refractivity contribution in [2.75, 3.05) is 13.1 Å². The Morgan fingerprint density at radius 1 is 1.18 bits per heavy atom. The predicted octanol–water partition coefficient (Wildman–Crippen LogP) is 5.19. The number of hydrogen-bond donors (Lipinski definition) is 1. The minimum absolute atomic E-state index is 0.00649. The van der Waals surface area contributed by atoms with Gasteiger partial charge in [0.1, 0.15) is 5.82 Å². The Morgan fingerprint density at radius 2 is 1.89 bits per heavy atom. The molecule has 0 spiro atoms. The van der Waals surface area contributed by atoms with Crippen molar-refractivity contribution in [3.05, 3.63) is 69.5 Å². The van der Waals surface area contributed by atoms with E-state index in [-0.39, 0.29) is 23.7 Å². The van der Waals surface area contributed by atoms with E-state index in [0.717, 1.165) is 31.5 Å². The standard InChI is InChI=1S/C23H28ClFN2O/c1-15-4-5-19(12-16(15)2)17(3)26-23(28)18-8-10-27(11-9-18)14-20-6-7-21(24)13-22(20)25/h4-7,12-13,17-18H,8-11,14H2,1-3H3,(H,26,28). The molecule has 1 aliphatic heterocycles. The number of piperidine rings is 1. The number of halogens is 2. The molecule has 5 heteroatoms. The van der Waals surface area contributed by atoms with Gasteiger partial charge in [0.25, 0.3) is 0 Å². The fourth-order valence-corrected chi connectivity index (χ4v) is 3.85. The van der Waals surface area contributed by atoms with Crippen LogP contribution in [0.15, 0.2) is 36.4 Å². The van der Waals surface area contributed by atoms with Gasteiger partial charge in [0.2, 0.25) is 5.91 Å². The van der Waals surface area contributed by atoms with Crippen LogP contribution in [0.3, 0.4) is 0 Å². The van der Waals surface area contributed by atoms with Gasteiger partial charge in [-0.25, -0.2) is 4.39 Å². The van der Waals surface area contributed by atoms with Gasteiger partial charge >= 0.3 is 0 Å². The van der Waals surface area contributed by atoms with Gasteiger partial charge in [-0.3, -0.25) is 9.69 Å². The number of likely N-dealkylation sites (tertiary alicyclic amines) is 1. The van der Waals surface area contributed by atoms with Crippen LogP contribution in [0.1, 0.15) is 48.1 Å². The summed E-state index contributed by atoms with van der Waals surface area (Å²) in [7, 11) is 0. The Bertz CT molecular complexity index is 846. The summed E-state index contributed by atoms with van der Waals surface area (Å²) < 4.78 is 14.0. The first kappa shape index (κ1) is 20.8. The summed E-state index contributed by atoms with van der Waals surface area (Å²) >= 11 is 5.82. The Hall–Kier alpha value is -1.91. The van der Waals surface area contributed by atoms with Crippen LogP contribution in [0.4, 0.5) is 4.39 Å². The summed E-state index contributed by atoms with van der Waals surface area (Å²) in [5, 5.41) is 3.57. The fourth-order valence-electron chi connectivity index (χ4n) is 3.69. The van der Waals surface area contributed by atoms with Gasteiger partial charge in [0.15, 0.2) is 0 Å². The summed E-state index contributed by atoms with van der Waals surface area (Å²) in [6.07, 6.45) is 1.58. The van der Waals surface area contributed by atoms with Crippen LogP contribution in [0.2, 0.25) is 5.02 Å². The molecule has 1 heterocycles. The molecule has 1 amide bonds. The van der Waals surface area contributed by atoms with E-state index in [1.54, 1.807) is 12.1 Å². The number of nitrogens with zero attached hydrogens (tertiary/aromatic N) is 1. The lowest BCUT2D eigenvalue weighted by molar-refractivity contribution is -0.127. The Labute approximate surface area is 171 Å². The van der Waals surface area contributed by atoms with Gasteiger partial charge in [-0.15, -0.1) is 0 Å². The number of benzene rings is 2. The van der Waals surface area contributed by atoms with Gasteiger partial charge in [-0.1, -0.05) is 35.9 Å². The van der Waals surface area contributed by atoms with Crippen molar-refractivity contribution in [3.8, 4) is 0 Å². The van der Waals surface area contributed by atoms with Crippen molar-refractivity contribution >= 4 is 17.5 Å². The summed E-state index contributed by atoms with van der Waals surface area (Å²) in [4.78, 5) is 14.9. The highest BCUT2D eigenvalue weighted by Gasteiger charge is 2.26. The minimum atomic E-state index is -0.269. The molecule has 1 fully saturated rings. The van der Waals surface area contributed by atoms with E-state index in [4.69, 9.17) is 11.6 Å². The highest BCUT2D eigenvalue weighted by molar-refractivity contribution is 6.30. The Kier molecular flexibility index (Phi) is 6.73. The quantitative estimate of drug-likeness (QED) is 0.746. The molecular weight excluding hydrogens is 375 g/mol. The number of carbonyl (C=O) groups excluding carboxylic acids is 1. The Morgan fingerprint density at radius 3 is 2.54 bits per heavy atom. The number of hydrogen-bond acceptors (Lipinski definition) is 2. The van der Waals surface area contributed by atoms with Gasteiger partial charge in [0, 0.05) is 23.0 Å². The highest BCUT2D eigenvalue weighted by Crippen LogP contribution is 2.23. The van der Waals surface area contributed by atoms with Crippen molar-refractivity contribution in [1.29, 1.82) is 0 Å². The van der Waals surface area contributed by atoms with E-state index >= 15 is 0 Å². The lowest BCUT2D eigenvalue weighted by Gasteiger charge is -2.32. The lowest BCUT2D eigenvalue weighted by Crippen LogP contribution is -2.41. The first-order valence-electron chi connectivity index (χ1n) is 9.87. The van der Waals surface area contributed by atoms with Crippen molar-refractivity contribution < 1.29 is 9.18 Å². The molecule has 0 bridgehead atoms. The molecule has 0 radical (unpaired) electrons. The van der Waals surface area contributed by atoms with E-state index < -0.39 is 0 Å². The van der Waals surface area contributed by atoms with Crippen molar-refractivity contribution in [3.63, 3.8) is 0 Å². The number of amides is 1. The summed E-state index contributed by atoms with van der Waals surface area (Å²) in [5.41, 5.74) is 4.27. The van der Waals surface area contributed by atoms with E-state index in [0.29, 0.717) is 17.1 Å². The molecule has 1 N–H and O–H groups in total. The van der Waals surface area contributed by atoms with Crippen LogP contribution in [-0.4, -0.2) is 23.9 Å². The summed E-state index contributed by atoms with van der Waals surface area (Å²) in [6.45, 7) is 8.34. The molecule has 0 saturated carbocycles. The van der Waals surface area contributed by atoms with Gasteiger partial charge in [-0.2, -0.15) is 0 Å². The lowest BCUT2D eigenvalue weighted by atomic mass is 9.94. The average molecular weight is 403 g/mol. The molecule has 3 rings (SSSR count). The summed E-state index contributed by atoms with van der Waals surface area (Å²) in [5.74, 6) is -0.141. The van der Waals surface area contributed by atoms with Gasteiger partial charge < -0.3 is 5.32 Å². The van der Waals surface area contributed by atoms with E-state index in [9.17, 15) is 9.18 Å². The molecule has 28 heavy (non-hydrogen) atoms. The second-order valence-electron chi connectivity index (χ2n) is 7.86. The molecular formula is C23H28ClFN2O. The number of rotatable bonds is 5. The molecule has 1 saturated heterocycles. The van der Waals surface area contributed by atoms with Crippen LogP contribution in [-0.2, 0) is 11.3 Å². The zero-order chi connectivity index (χ0) is 20.3. The minimum Gasteiger partial charge on any atom is -0.349 e. The maximum absolute atomic E-state index is 14.0. The van der Waals surface area contributed by atoms with Crippen molar-refractivity contribution in [2.24, 2.45) is 5.92 Å². The second-order valence-corrected chi connectivity index (χ2v) is 8.30. The zero-order valence-corrected chi connectivity index (χ0v) is 17.5. The van der Waals surface area contributed by atoms with Crippen molar-refractivity contribution in [1.82, 2.24) is 10.2 Å². The molecule has 2 aromatic rings. The SMILES string of the molecule is Cc1ccc(C(C)NC(=O)C2CCN(Cc3ccc(Cl)cc3F)CC2)cc1C. The third-order valence-corrected chi connectivity index (χ3v) is 5.99.